The van der Waals surface area contributed by atoms with Gasteiger partial charge in [-0.15, -0.1) is 0 Å². The van der Waals surface area contributed by atoms with Gasteiger partial charge in [-0.3, -0.25) is 0 Å². The van der Waals surface area contributed by atoms with E-state index in [1.54, 1.807) is 12.1 Å². The van der Waals surface area contributed by atoms with E-state index in [0.717, 1.165) is 17.7 Å². The summed E-state index contributed by atoms with van der Waals surface area (Å²) >= 11 is 5.37. The Kier molecular flexibility index (Phi) is 7.32. The molecule has 0 heterocycles. The van der Waals surface area contributed by atoms with E-state index < -0.39 is 35.0 Å². The largest absolute Gasteiger partial charge is 0.445 e. The van der Waals surface area contributed by atoms with Gasteiger partial charge in [-0.1, -0.05) is 41.9 Å². The molecular formula is C18H18ClF2NO4. The number of halogens is 3. The summed E-state index contributed by atoms with van der Waals surface area (Å²) in [6, 6.07) is 10.8. The monoisotopic (exact) mass is 385 g/mol. The quantitative estimate of drug-likeness (QED) is 0.639. The zero-order chi connectivity index (χ0) is 19.1. The number of alkyl carbamates (subject to hydrolysis) is 1. The Hall–Kier alpha value is -2.22. The van der Waals surface area contributed by atoms with E-state index in [4.69, 9.17) is 16.3 Å². The summed E-state index contributed by atoms with van der Waals surface area (Å²) in [5.41, 5.74) is 0.674. The summed E-state index contributed by atoms with van der Waals surface area (Å²) < 4.78 is 31.8. The van der Waals surface area contributed by atoms with Crippen LogP contribution in [0.25, 0.3) is 0 Å². The molecule has 2 aromatic rings. The second-order valence-electron chi connectivity index (χ2n) is 5.59. The fraction of sp³-hybridized carbons (Fsp3) is 0.278. The fourth-order valence-corrected chi connectivity index (χ4v) is 2.33. The van der Waals surface area contributed by atoms with Crippen LogP contribution in [0.1, 0.15) is 23.7 Å². The third kappa shape index (κ3) is 5.66. The zero-order valence-electron chi connectivity index (χ0n) is 13.7. The number of hydrogen-bond acceptors (Lipinski definition) is 4. The molecule has 0 saturated heterocycles. The van der Waals surface area contributed by atoms with Crippen molar-refractivity contribution in [3.8, 4) is 0 Å². The second-order valence-corrected chi connectivity index (χ2v) is 5.97. The molecular weight excluding hydrogens is 368 g/mol. The smallest absolute Gasteiger partial charge is 0.407 e. The first-order valence-corrected chi connectivity index (χ1v) is 8.21. The number of carbonyl (C=O) groups excluding carboxylic acids is 1. The molecule has 2 rings (SSSR count). The van der Waals surface area contributed by atoms with E-state index in [1.807, 2.05) is 18.2 Å². The molecule has 140 valence electrons. The molecule has 0 radical (unpaired) electrons. The lowest BCUT2D eigenvalue weighted by Gasteiger charge is -2.19. The zero-order valence-corrected chi connectivity index (χ0v) is 14.4. The summed E-state index contributed by atoms with van der Waals surface area (Å²) in [5, 5.41) is 21.6. The maximum atomic E-state index is 13.4. The van der Waals surface area contributed by atoms with Gasteiger partial charge < -0.3 is 20.3 Å². The highest BCUT2D eigenvalue weighted by Gasteiger charge is 2.21. The van der Waals surface area contributed by atoms with E-state index in [-0.39, 0.29) is 25.1 Å². The Morgan fingerprint density at radius 1 is 1.15 bits per heavy atom. The van der Waals surface area contributed by atoms with E-state index in [0.29, 0.717) is 0 Å². The van der Waals surface area contributed by atoms with Crippen LogP contribution in [0.5, 0.6) is 0 Å². The Balaban J connectivity index is 1.77. The Morgan fingerprint density at radius 2 is 1.77 bits per heavy atom. The lowest BCUT2D eigenvalue weighted by atomic mass is 10.0. The first-order valence-electron chi connectivity index (χ1n) is 7.83. The minimum atomic E-state index is -1.53. The molecule has 0 spiro atoms. The highest BCUT2D eigenvalue weighted by molar-refractivity contribution is 6.30. The SMILES string of the molecule is O=C(NCCC(O)C(O)c1cc(F)c(Cl)c(F)c1)OCc1ccccc1. The van der Waals surface area contributed by atoms with Crippen LogP contribution >= 0.6 is 11.6 Å². The van der Waals surface area contributed by atoms with Crippen LogP contribution in [0.4, 0.5) is 13.6 Å². The molecule has 0 saturated carbocycles. The number of aliphatic hydroxyl groups excluding tert-OH is 2. The average Bonchev–Trinajstić information content (AvgIpc) is 2.64. The third-order valence-electron chi connectivity index (χ3n) is 3.63. The van der Waals surface area contributed by atoms with E-state index in [9.17, 15) is 23.8 Å². The normalized spacial score (nSPS) is 13.1. The fourth-order valence-electron chi connectivity index (χ4n) is 2.22. The number of nitrogens with one attached hydrogen (secondary N) is 1. The van der Waals surface area contributed by atoms with Gasteiger partial charge in [0.05, 0.1) is 6.10 Å². The number of ether oxygens (including phenoxy) is 1. The van der Waals surface area contributed by atoms with Crippen molar-refractivity contribution < 1.29 is 28.5 Å². The summed E-state index contributed by atoms with van der Waals surface area (Å²) in [7, 11) is 0. The van der Waals surface area contributed by atoms with Gasteiger partial charge in [0.1, 0.15) is 29.4 Å². The lowest BCUT2D eigenvalue weighted by Crippen LogP contribution is -2.29. The van der Waals surface area contributed by atoms with Crippen LogP contribution in [-0.2, 0) is 11.3 Å². The number of aliphatic hydroxyl groups is 2. The summed E-state index contributed by atoms with van der Waals surface area (Å²) in [6.07, 6.45) is -3.60. The molecule has 5 nitrogen and oxygen atoms in total. The molecule has 0 fully saturated rings. The lowest BCUT2D eigenvalue weighted by molar-refractivity contribution is 0.0133. The van der Waals surface area contributed by atoms with Crippen LogP contribution in [0.15, 0.2) is 42.5 Å². The first kappa shape index (κ1) is 20.1. The molecule has 2 unspecified atom stereocenters. The number of hydrogen-bond donors (Lipinski definition) is 3. The molecule has 0 aliphatic rings. The van der Waals surface area contributed by atoms with E-state index in [2.05, 4.69) is 5.32 Å². The van der Waals surface area contributed by atoms with Gasteiger partial charge in [0.2, 0.25) is 0 Å². The Bertz CT molecular complexity index is 722. The molecule has 26 heavy (non-hydrogen) atoms. The predicted molar refractivity (Wildman–Crippen MR) is 91.6 cm³/mol. The molecule has 1 amide bonds. The van der Waals surface area contributed by atoms with Gasteiger partial charge in [0, 0.05) is 6.54 Å². The van der Waals surface area contributed by atoms with Gasteiger partial charge in [-0.05, 0) is 29.7 Å². The Labute approximate surface area is 154 Å². The van der Waals surface area contributed by atoms with Crippen molar-refractivity contribution in [1.82, 2.24) is 5.32 Å². The number of benzene rings is 2. The van der Waals surface area contributed by atoms with Crippen molar-refractivity contribution in [2.75, 3.05) is 6.54 Å². The standard InChI is InChI=1S/C18H18ClF2NO4/c19-16-13(20)8-12(9-14(16)21)17(24)15(23)6-7-22-18(25)26-10-11-4-2-1-3-5-11/h1-5,8-9,15,17,23-24H,6-7,10H2,(H,22,25). The molecule has 8 heteroatoms. The van der Waals surface area contributed by atoms with E-state index >= 15 is 0 Å². The van der Waals surface area contributed by atoms with Gasteiger partial charge >= 0.3 is 6.09 Å². The van der Waals surface area contributed by atoms with Crippen LogP contribution in [0.3, 0.4) is 0 Å². The average molecular weight is 386 g/mol. The van der Waals surface area contributed by atoms with Crippen LogP contribution in [-0.4, -0.2) is 29.0 Å². The summed E-state index contributed by atoms with van der Waals surface area (Å²) in [6.45, 7) is 0.103. The maximum Gasteiger partial charge on any atom is 0.407 e. The molecule has 0 bridgehead atoms. The minimum Gasteiger partial charge on any atom is -0.445 e. The van der Waals surface area contributed by atoms with Crippen molar-refractivity contribution in [2.45, 2.75) is 25.2 Å². The van der Waals surface area contributed by atoms with E-state index in [1.165, 1.54) is 0 Å². The minimum absolute atomic E-state index is 0.00437. The summed E-state index contributed by atoms with van der Waals surface area (Å²) in [4.78, 5) is 11.6. The first-order chi connectivity index (χ1) is 12.4. The highest BCUT2D eigenvalue weighted by Crippen LogP contribution is 2.26. The molecule has 2 aromatic carbocycles. The molecule has 2 atom stereocenters. The molecule has 0 aromatic heterocycles. The van der Waals surface area contributed by atoms with Gasteiger partial charge in [0.25, 0.3) is 0 Å². The van der Waals surface area contributed by atoms with Crippen LogP contribution in [0.2, 0.25) is 5.02 Å². The highest BCUT2D eigenvalue weighted by atomic mass is 35.5. The molecule has 0 aliphatic carbocycles. The molecule has 3 N–H and O–H groups in total. The van der Waals surface area contributed by atoms with Gasteiger partial charge in [-0.25, -0.2) is 13.6 Å². The van der Waals surface area contributed by atoms with Gasteiger partial charge in [0.15, 0.2) is 0 Å². The second kappa shape index (κ2) is 9.47. The van der Waals surface area contributed by atoms with Crippen LogP contribution in [0, 0.1) is 11.6 Å². The van der Waals surface area contributed by atoms with Crippen LogP contribution < -0.4 is 5.32 Å². The summed E-state index contributed by atoms with van der Waals surface area (Å²) in [5.74, 6) is -2.06. The van der Waals surface area contributed by atoms with Crippen molar-refractivity contribution in [3.05, 3.63) is 70.2 Å². The van der Waals surface area contributed by atoms with Gasteiger partial charge in [-0.2, -0.15) is 0 Å². The predicted octanol–water partition coefficient (Wildman–Crippen LogP) is 3.33. The number of amides is 1. The molecule has 0 aliphatic heterocycles. The van der Waals surface area contributed by atoms with Crippen molar-refractivity contribution in [3.63, 3.8) is 0 Å². The van der Waals surface area contributed by atoms with Crippen molar-refractivity contribution in [1.29, 1.82) is 0 Å². The van der Waals surface area contributed by atoms with Crippen molar-refractivity contribution in [2.24, 2.45) is 0 Å². The van der Waals surface area contributed by atoms with Crippen molar-refractivity contribution >= 4 is 17.7 Å². The maximum absolute atomic E-state index is 13.4. The number of rotatable bonds is 7. The number of carbonyl (C=O) groups is 1. The Morgan fingerprint density at radius 3 is 2.38 bits per heavy atom. The third-order valence-corrected chi connectivity index (χ3v) is 4.00. The topological polar surface area (TPSA) is 78.8 Å².